The SMILES string of the molecule is CC(C)(C)c1cc(-c2cccc(-c3ccccc3)c2N2[CH-]N(c3[c-]c(Oc4cccc(N5B6c7ccccc7-c7ccccc7N6c6ccc[c-]c65)n4)ccc3)c3ccccc32)cc(C(C)(C)C)c1.[Pt]. The number of benzene rings is 8. The first kappa shape index (κ1) is 45.1. The Labute approximate surface area is 427 Å². The minimum absolute atomic E-state index is 0. The van der Waals surface area contributed by atoms with Gasteiger partial charge in [-0.15, -0.1) is 36.6 Å². The van der Waals surface area contributed by atoms with E-state index in [1.165, 1.54) is 33.3 Å². The van der Waals surface area contributed by atoms with Crippen molar-refractivity contribution in [2.45, 2.75) is 52.4 Å². The van der Waals surface area contributed by atoms with Gasteiger partial charge in [-0.2, -0.15) is 29.2 Å². The predicted molar refractivity (Wildman–Crippen MR) is 286 cm³/mol. The second kappa shape index (κ2) is 17.6. The number of hydrogen-bond donors (Lipinski definition) is 0. The van der Waals surface area contributed by atoms with Crippen LogP contribution in [0.1, 0.15) is 52.7 Å². The molecule has 0 N–H and O–H groups in total. The van der Waals surface area contributed by atoms with Gasteiger partial charge < -0.3 is 24.2 Å². The summed E-state index contributed by atoms with van der Waals surface area (Å²) in [7, 11) is 0. The van der Waals surface area contributed by atoms with Crippen LogP contribution in [0.5, 0.6) is 11.6 Å². The number of nitrogens with zero attached hydrogens (tertiary/aromatic N) is 5. The average Bonchev–Trinajstić information content (AvgIpc) is 3.93. The van der Waals surface area contributed by atoms with Crippen molar-refractivity contribution in [3.8, 4) is 45.0 Å². The largest absolute Gasteiger partial charge is 0.493 e. The summed E-state index contributed by atoms with van der Waals surface area (Å²) in [6.45, 7) is 15.9. The van der Waals surface area contributed by atoms with Crippen molar-refractivity contribution in [1.82, 2.24) is 4.98 Å². The van der Waals surface area contributed by atoms with Gasteiger partial charge in [0.05, 0.1) is 0 Å². The zero-order valence-corrected chi connectivity index (χ0v) is 42.4. The van der Waals surface area contributed by atoms with Gasteiger partial charge in [0.15, 0.2) is 0 Å². The van der Waals surface area contributed by atoms with Crippen molar-refractivity contribution >= 4 is 58.1 Å². The Morgan fingerprint density at radius 2 is 1.11 bits per heavy atom. The fourth-order valence-corrected chi connectivity index (χ4v) is 10.2. The molecule has 0 aliphatic carbocycles. The van der Waals surface area contributed by atoms with E-state index in [9.17, 15) is 0 Å². The van der Waals surface area contributed by atoms with E-state index >= 15 is 0 Å². The van der Waals surface area contributed by atoms with Gasteiger partial charge in [-0.3, -0.25) is 0 Å². The van der Waals surface area contributed by atoms with Crippen LogP contribution in [0, 0.1) is 18.8 Å². The molecule has 12 rings (SSSR count). The molecule has 1 aromatic heterocycles. The molecule has 3 aliphatic heterocycles. The molecule has 0 saturated carbocycles. The fraction of sp³-hybridized carbons (Fsp3) is 0.129. The summed E-state index contributed by atoms with van der Waals surface area (Å²) in [5.74, 6) is 1.80. The molecule has 346 valence electrons. The number of aromatic nitrogens is 1. The summed E-state index contributed by atoms with van der Waals surface area (Å²) >= 11 is 0. The Morgan fingerprint density at radius 3 is 1.86 bits per heavy atom. The molecule has 0 fully saturated rings. The number of hydrogen-bond acceptors (Lipinski definition) is 6. The summed E-state index contributed by atoms with van der Waals surface area (Å²) in [5, 5.41) is 0. The van der Waals surface area contributed by atoms with Crippen molar-refractivity contribution in [2.75, 3.05) is 19.4 Å². The molecule has 0 spiro atoms. The third-order valence-electron chi connectivity index (χ3n) is 13.6. The Bertz CT molecular complexity index is 3400. The zero-order valence-electron chi connectivity index (χ0n) is 40.1. The van der Waals surface area contributed by atoms with E-state index in [1.54, 1.807) is 0 Å². The van der Waals surface area contributed by atoms with Crippen molar-refractivity contribution in [3.63, 3.8) is 0 Å². The van der Waals surface area contributed by atoms with Gasteiger partial charge >= 0.3 is 6.98 Å². The van der Waals surface area contributed by atoms with Gasteiger partial charge in [-0.05, 0) is 68.4 Å². The van der Waals surface area contributed by atoms with Crippen LogP contribution in [0.2, 0.25) is 0 Å². The fourth-order valence-electron chi connectivity index (χ4n) is 10.2. The molecule has 8 aromatic carbocycles. The summed E-state index contributed by atoms with van der Waals surface area (Å²) in [4.78, 5) is 14.5. The predicted octanol–water partition coefficient (Wildman–Crippen LogP) is 15.5. The maximum absolute atomic E-state index is 6.69. The molecule has 4 heterocycles. The van der Waals surface area contributed by atoms with Gasteiger partial charge in [0.2, 0.25) is 5.88 Å². The van der Waals surface area contributed by atoms with Crippen molar-refractivity contribution in [3.05, 3.63) is 224 Å². The molecular formula is C62H51BN5OPt-3. The minimum atomic E-state index is -0.161. The molecule has 8 heteroatoms. The van der Waals surface area contributed by atoms with Crippen LogP contribution in [-0.4, -0.2) is 12.0 Å². The molecule has 0 saturated heterocycles. The third-order valence-corrected chi connectivity index (χ3v) is 13.6. The summed E-state index contributed by atoms with van der Waals surface area (Å²) in [6, 6.07) is 76.0. The number of para-hydroxylation sites is 5. The first-order valence-electron chi connectivity index (χ1n) is 23.8. The van der Waals surface area contributed by atoms with E-state index in [1.807, 2.05) is 30.3 Å². The van der Waals surface area contributed by atoms with Gasteiger partial charge in [0.25, 0.3) is 0 Å². The Kier molecular flexibility index (Phi) is 11.3. The quantitative estimate of drug-likeness (QED) is 0.117. The third kappa shape index (κ3) is 7.77. The molecule has 70 heavy (non-hydrogen) atoms. The van der Waals surface area contributed by atoms with Gasteiger partial charge in [0.1, 0.15) is 5.82 Å². The standard InChI is InChI=1S/C62H51BN5O.Pt/c1-61(2,3)44-37-43(38-45(39-44)62(4,5)6)49-28-19-27-48(42-21-8-7-9-22-42)60(49)66-41-65(54-31-14-15-32-55(54)66)46-23-18-24-47(40-46)69-59-36-20-35-58(64-59)68-57-34-17-16-33-56(57)67-53-30-13-11-26-51(53)50-25-10-12-29-52(50)63(67)68;/h7-33,35-39,41H,1-6H3;/q-3;. The molecule has 0 bridgehead atoms. The Hall–Kier alpha value is -7.34. The van der Waals surface area contributed by atoms with Crippen LogP contribution in [0.15, 0.2) is 194 Å². The molecule has 0 amide bonds. The number of fused-ring (bicyclic) bond motifs is 9. The van der Waals surface area contributed by atoms with E-state index in [0.29, 0.717) is 11.6 Å². The summed E-state index contributed by atoms with van der Waals surface area (Å²) in [6.07, 6.45) is 0. The minimum Gasteiger partial charge on any atom is -0.493 e. The molecule has 0 radical (unpaired) electrons. The van der Waals surface area contributed by atoms with Crippen LogP contribution >= 0.6 is 0 Å². The van der Waals surface area contributed by atoms with Gasteiger partial charge in [-0.1, -0.05) is 180 Å². The summed E-state index contributed by atoms with van der Waals surface area (Å²) in [5.41, 5.74) is 18.1. The van der Waals surface area contributed by atoms with Gasteiger partial charge in [0, 0.05) is 72.3 Å². The van der Waals surface area contributed by atoms with Crippen molar-refractivity contribution in [2.24, 2.45) is 0 Å². The van der Waals surface area contributed by atoms with E-state index < -0.39 is 0 Å². The second-order valence-electron chi connectivity index (χ2n) is 20.2. The number of rotatable bonds is 7. The van der Waals surface area contributed by atoms with E-state index in [0.717, 1.165) is 62.3 Å². The average molecular weight is 1090 g/mol. The number of anilines is 8. The van der Waals surface area contributed by atoms with Crippen LogP contribution in [0.4, 0.5) is 45.6 Å². The Morgan fingerprint density at radius 1 is 0.514 bits per heavy atom. The van der Waals surface area contributed by atoms with E-state index in [4.69, 9.17) is 9.72 Å². The monoisotopic (exact) mass is 1090 g/mol. The topological polar surface area (TPSA) is 35.1 Å². The molecule has 0 unspecified atom stereocenters. The van der Waals surface area contributed by atoms with Crippen molar-refractivity contribution in [1.29, 1.82) is 0 Å². The molecular weight excluding hydrogens is 1040 g/mol. The van der Waals surface area contributed by atoms with Crippen molar-refractivity contribution < 1.29 is 25.8 Å². The van der Waals surface area contributed by atoms with Crippen LogP contribution in [-0.2, 0) is 31.9 Å². The number of ether oxygens (including phenoxy) is 1. The molecule has 3 aliphatic rings. The summed E-state index contributed by atoms with van der Waals surface area (Å²) < 4.78 is 6.69. The maximum Gasteiger partial charge on any atom is 0.409 e. The zero-order chi connectivity index (χ0) is 47.0. The maximum atomic E-state index is 6.69. The Balaban J connectivity index is 0.00000533. The van der Waals surface area contributed by atoms with Gasteiger partial charge in [-0.25, -0.2) is 0 Å². The first-order chi connectivity index (χ1) is 33.5. The second-order valence-corrected chi connectivity index (χ2v) is 20.2. The first-order valence-corrected chi connectivity index (χ1v) is 23.8. The van der Waals surface area contributed by atoms with Crippen LogP contribution in [0.3, 0.4) is 0 Å². The molecule has 9 aromatic rings. The van der Waals surface area contributed by atoms with Crippen LogP contribution < -0.4 is 29.6 Å². The van der Waals surface area contributed by atoms with E-state index in [2.05, 4.69) is 244 Å². The molecule has 6 nitrogen and oxygen atoms in total. The number of pyridine rings is 1. The smallest absolute Gasteiger partial charge is 0.409 e. The van der Waals surface area contributed by atoms with Crippen LogP contribution in [0.25, 0.3) is 33.4 Å². The normalized spacial score (nSPS) is 13.5. The van der Waals surface area contributed by atoms with E-state index in [-0.39, 0.29) is 38.9 Å². The molecule has 0 atom stereocenters.